The maximum absolute atomic E-state index is 6.24. The van der Waals surface area contributed by atoms with E-state index in [0.717, 1.165) is 35.7 Å². The molecule has 2 aromatic rings. The Morgan fingerprint density at radius 3 is 2.68 bits per heavy atom. The second kappa shape index (κ2) is 6.22. The first-order chi connectivity index (χ1) is 9.15. The zero-order valence-corrected chi connectivity index (χ0v) is 12.4. The van der Waals surface area contributed by atoms with Crippen LogP contribution >= 0.6 is 23.2 Å². The standard InChI is InChI=1S/C14H15Cl2N3/c1-3-5-12-18-11(8-13(17-2)19-12)9-6-4-7-10(15)14(9)16/h4,6-8H,3,5H2,1-2H3,(H,17,18,19). The van der Waals surface area contributed by atoms with Crippen molar-refractivity contribution in [3.8, 4) is 11.3 Å². The van der Waals surface area contributed by atoms with Crippen LogP contribution < -0.4 is 5.32 Å². The minimum atomic E-state index is 0.521. The lowest BCUT2D eigenvalue weighted by Crippen LogP contribution is -2.01. The molecule has 0 aliphatic carbocycles. The lowest BCUT2D eigenvalue weighted by atomic mass is 10.1. The zero-order valence-electron chi connectivity index (χ0n) is 10.9. The van der Waals surface area contributed by atoms with Gasteiger partial charge in [0.1, 0.15) is 11.6 Å². The van der Waals surface area contributed by atoms with Crippen LogP contribution in [0.2, 0.25) is 10.0 Å². The largest absolute Gasteiger partial charge is 0.373 e. The van der Waals surface area contributed by atoms with Crippen molar-refractivity contribution in [3.63, 3.8) is 0 Å². The number of hydrogen-bond donors (Lipinski definition) is 1. The van der Waals surface area contributed by atoms with Crippen LogP contribution in [0.15, 0.2) is 24.3 Å². The molecule has 3 nitrogen and oxygen atoms in total. The predicted molar refractivity (Wildman–Crippen MR) is 81.0 cm³/mol. The van der Waals surface area contributed by atoms with E-state index >= 15 is 0 Å². The second-order valence-corrected chi connectivity index (χ2v) is 4.94. The number of anilines is 1. The van der Waals surface area contributed by atoms with Gasteiger partial charge < -0.3 is 5.32 Å². The van der Waals surface area contributed by atoms with Crippen molar-refractivity contribution in [2.45, 2.75) is 19.8 Å². The summed E-state index contributed by atoms with van der Waals surface area (Å²) < 4.78 is 0. The maximum Gasteiger partial charge on any atom is 0.131 e. The molecule has 0 bridgehead atoms. The van der Waals surface area contributed by atoms with Gasteiger partial charge in [0.25, 0.3) is 0 Å². The van der Waals surface area contributed by atoms with Gasteiger partial charge >= 0.3 is 0 Å². The Morgan fingerprint density at radius 2 is 2.00 bits per heavy atom. The van der Waals surface area contributed by atoms with Gasteiger partial charge in [-0.15, -0.1) is 0 Å². The number of halogens is 2. The van der Waals surface area contributed by atoms with Gasteiger partial charge in [0.15, 0.2) is 0 Å². The summed E-state index contributed by atoms with van der Waals surface area (Å²) >= 11 is 12.3. The number of nitrogens with zero attached hydrogens (tertiary/aromatic N) is 2. The molecule has 0 saturated heterocycles. The highest BCUT2D eigenvalue weighted by Crippen LogP contribution is 2.33. The Kier molecular flexibility index (Phi) is 4.61. The minimum absolute atomic E-state index is 0.521. The molecule has 0 unspecified atom stereocenters. The molecule has 1 N–H and O–H groups in total. The molecule has 1 heterocycles. The molecule has 2 rings (SSSR count). The van der Waals surface area contributed by atoms with E-state index in [1.165, 1.54) is 0 Å². The first-order valence-electron chi connectivity index (χ1n) is 6.15. The summed E-state index contributed by atoms with van der Waals surface area (Å²) in [6.45, 7) is 2.10. The Morgan fingerprint density at radius 1 is 1.21 bits per heavy atom. The highest BCUT2D eigenvalue weighted by Gasteiger charge is 2.11. The number of aryl methyl sites for hydroxylation is 1. The van der Waals surface area contributed by atoms with Gasteiger partial charge in [0, 0.05) is 25.1 Å². The van der Waals surface area contributed by atoms with E-state index in [1.54, 1.807) is 6.07 Å². The fourth-order valence-corrected chi connectivity index (χ4v) is 2.20. The van der Waals surface area contributed by atoms with Crippen molar-refractivity contribution in [2.75, 3.05) is 12.4 Å². The number of rotatable bonds is 4. The quantitative estimate of drug-likeness (QED) is 0.906. The van der Waals surface area contributed by atoms with E-state index < -0.39 is 0 Å². The normalized spacial score (nSPS) is 10.5. The molecule has 0 amide bonds. The Bertz CT molecular complexity index is 585. The van der Waals surface area contributed by atoms with Crippen LogP contribution in [-0.4, -0.2) is 17.0 Å². The molecule has 1 aromatic heterocycles. The molecule has 19 heavy (non-hydrogen) atoms. The topological polar surface area (TPSA) is 37.8 Å². The summed E-state index contributed by atoms with van der Waals surface area (Å²) in [5.74, 6) is 1.59. The fraction of sp³-hybridized carbons (Fsp3) is 0.286. The van der Waals surface area contributed by atoms with Gasteiger partial charge in [-0.2, -0.15) is 0 Å². The number of hydrogen-bond acceptors (Lipinski definition) is 3. The molecule has 0 fully saturated rings. The van der Waals surface area contributed by atoms with Crippen molar-refractivity contribution in [2.24, 2.45) is 0 Å². The number of aromatic nitrogens is 2. The first kappa shape index (κ1) is 14.1. The average molecular weight is 296 g/mol. The molecule has 0 radical (unpaired) electrons. The summed E-state index contributed by atoms with van der Waals surface area (Å²) in [4.78, 5) is 8.97. The molecule has 0 atom stereocenters. The SMILES string of the molecule is CCCc1nc(NC)cc(-c2cccc(Cl)c2Cl)n1. The summed E-state index contributed by atoms with van der Waals surface area (Å²) in [6.07, 6.45) is 1.83. The maximum atomic E-state index is 6.24. The lowest BCUT2D eigenvalue weighted by molar-refractivity contribution is 0.838. The fourth-order valence-electron chi connectivity index (χ4n) is 1.80. The van der Waals surface area contributed by atoms with Crippen molar-refractivity contribution in [1.82, 2.24) is 9.97 Å². The molecule has 100 valence electrons. The van der Waals surface area contributed by atoms with Crippen LogP contribution in [-0.2, 0) is 6.42 Å². The second-order valence-electron chi connectivity index (χ2n) is 4.16. The van der Waals surface area contributed by atoms with Gasteiger partial charge in [-0.05, 0) is 12.5 Å². The minimum Gasteiger partial charge on any atom is -0.373 e. The average Bonchev–Trinajstić information content (AvgIpc) is 2.42. The Balaban J connectivity index is 2.54. The third-order valence-corrected chi connectivity index (χ3v) is 3.55. The van der Waals surface area contributed by atoms with Crippen molar-refractivity contribution >= 4 is 29.0 Å². The Labute approximate surface area is 123 Å². The van der Waals surface area contributed by atoms with E-state index in [2.05, 4.69) is 22.2 Å². The van der Waals surface area contributed by atoms with Crippen molar-refractivity contribution in [1.29, 1.82) is 0 Å². The summed E-state index contributed by atoms with van der Waals surface area (Å²) in [7, 11) is 1.83. The number of nitrogens with one attached hydrogen (secondary N) is 1. The third-order valence-electron chi connectivity index (χ3n) is 2.73. The van der Waals surface area contributed by atoms with Crippen LogP contribution in [0, 0.1) is 0 Å². The predicted octanol–water partition coefficient (Wildman–Crippen LogP) is 4.44. The van der Waals surface area contributed by atoms with Crippen LogP contribution in [0.1, 0.15) is 19.2 Å². The summed E-state index contributed by atoms with van der Waals surface area (Å²) in [5, 5.41) is 4.09. The van der Waals surface area contributed by atoms with E-state index in [9.17, 15) is 0 Å². The highest BCUT2D eigenvalue weighted by molar-refractivity contribution is 6.43. The Hall–Kier alpha value is -1.32. The molecule has 0 spiro atoms. The van der Waals surface area contributed by atoms with E-state index in [1.807, 2.05) is 25.2 Å². The number of benzene rings is 1. The third kappa shape index (κ3) is 3.17. The van der Waals surface area contributed by atoms with Crippen molar-refractivity contribution < 1.29 is 0 Å². The van der Waals surface area contributed by atoms with Gasteiger partial charge in [0.2, 0.25) is 0 Å². The molecule has 0 aliphatic rings. The van der Waals surface area contributed by atoms with Crippen LogP contribution in [0.3, 0.4) is 0 Å². The van der Waals surface area contributed by atoms with Gasteiger partial charge in [-0.1, -0.05) is 42.3 Å². The smallest absolute Gasteiger partial charge is 0.131 e. The van der Waals surface area contributed by atoms with Crippen molar-refractivity contribution in [3.05, 3.63) is 40.1 Å². The van der Waals surface area contributed by atoms with Gasteiger partial charge in [-0.25, -0.2) is 9.97 Å². The van der Waals surface area contributed by atoms with Gasteiger partial charge in [-0.3, -0.25) is 0 Å². The molecule has 1 aromatic carbocycles. The van der Waals surface area contributed by atoms with Gasteiger partial charge in [0.05, 0.1) is 15.7 Å². The van der Waals surface area contributed by atoms with E-state index in [4.69, 9.17) is 23.2 Å². The van der Waals surface area contributed by atoms with Crippen LogP contribution in [0.25, 0.3) is 11.3 Å². The van der Waals surface area contributed by atoms with E-state index in [0.29, 0.717) is 10.0 Å². The molecule has 0 aliphatic heterocycles. The van der Waals surface area contributed by atoms with Crippen LogP contribution in [0.5, 0.6) is 0 Å². The molecule has 0 saturated carbocycles. The highest BCUT2D eigenvalue weighted by atomic mass is 35.5. The monoisotopic (exact) mass is 295 g/mol. The zero-order chi connectivity index (χ0) is 13.8. The summed E-state index contributed by atoms with van der Waals surface area (Å²) in [6, 6.07) is 7.41. The molecular weight excluding hydrogens is 281 g/mol. The van der Waals surface area contributed by atoms with Crippen LogP contribution in [0.4, 0.5) is 5.82 Å². The molecular formula is C14H15Cl2N3. The lowest BCUT2D eigenvalue weighted by Gasteiger charge is -2.09. The first-order valence-corrected chi connectivity index (χ1v) is 6.91. The summed E-state index contributed by atoms with van der Waals surface area (Å²) in [5.41, 5.74) is 1.61. The molecule has 5 heteroatoms. The van der Waals surface area contributed by atoms with E-state index in [-0.39, 0.29) is 0 Å².